The van der Waals surface area contributed by atoms with E-state index >= 15 is 0 Å². The molecule has 0 atom stereocenters. The van der Waals surface area contributed by atoms with Gasteiger partial charge >= 0.3 is 6.03 Å². The average molecular weight is 415 g/mol. The van der Waals surface area contributed by atoms with E-state index in [2.05, 4.69) is 34.0 Å². The van der Waals surface area contributed by atoms with Crippen molar-refractivity contribution < 1.29 is 14.4 Å². The molecule has 9 nitrogen and oxygen atoms in total. The molecule has 1 saturated carbocycles. The molecular formula is C21H30N6O3. The average Bonchev–Trinajstić information content (AvgIpc) is 3.28. The van der Waals surface area contributed by atoms with Crippen LogP contribution in [0.15, 0.2) is 6.07 Å². The molecule has 4 rings (SSSR count). The van der Waals surface area contributed by atoms with Crippen LogP contribution in [0.5, 0.6) is 0 Å². The summed E-state index contributed by atoms with van der Waals surface area (Å²) in [4.78, 5) is 52.0. The van der Waals surface area contributed by atoms with Crippen molar-refractivity contribution in [1.82, 2.24) is 25.1 Å². The number of hydrogen-bond acceptors (Lipinski definition) is 6. The third-order valence-electron chi connectivity index (χ3n) is 6.33. The number of urea groups is 1. The molecule has 2 saturated heterocycles. The standard InChI is InChI=1S/C21H30N6O3/c1-14(2)18-22-15(3)12-16(23-18)25-8-10-26(11-9-25)17(28)13-27-19(29)21(24-20(27)30)6-4-5-7-21/h12,14H,4-11,13H2,1-3H3,(H,24,30). The maximum atomic E-state index is 12.8. The molecule has 162 valence electrons. The molecule has 1 N–H and O–H groups in total. The fourth-order valence-electron chi connectivity index (χ4n) is 4.55. The van der Waals surface area contributed by atoms with E-state index in [1.165, 1.54) is 0 Å². The monoisotopic (exact) mass is 414 g/mol. The SMILES string of the molecule is Cc1cc(N2CCN(C(=O)CN3C(=O)NC4(CCCC4)C3=O)CC2)nc(C(C)C)n1. The number of carbonyl (C=O) groups excluding carboxylic acids is 3. The summed E-state index contributed by atoms with van der Waals surface area (Å²) in [5, 5.41) is 2.83. The molecule has 9 heteroatoms. The van der Waals surface area contributed by atoms with E-state index in [0.717, 1.165) is 35.1 Å². The Bertz CT molecular complexity index is 856. The number of rotatable bonds is 4. The molecule has 0 bridgehead atoms. The number of aromatic nitrogens is 2. The van der Waals surface area contributed by atoms with E-state index in [1.54, 1.807) is 4.90 Å². The van der Waals surface area contributed by atoms with Crippen LogP contribution in [0.25, 0.3) is 0 Å². The summed E-state index contributed by atoms with van der Waals surface area (Å²) in [7, 11) is 0. The Morgan fingerprint density at radius 3 is 2.43 bits per heavy atom. The van der Waals surface area contributed by atoms with E-state index in [9.17, 15) is 14.4 Å². The number of aryl methyl sites for hydroxylation is 1. The predicted molar refractivity (Wildman–Crippen MR) is 111 cm³/mol. The number of nitrogens with zero attached hydrogens (tertiary/aromatic N) is 5. The number of nitrogens with one attached hydrogen (secondary N) is 1. The number of anilines is 1. The van der Waals surface area contributed by atoms with Gasteiger partial charge in [0.2, 0.25) is 5.91 Å². The van der Waals surface area contributed by atoms with E-state index in [4.69, 9.17) is 0 Å². The zero-order valence-corrected chi connectivity index (χ0v) is 18.0. The van der Waals surface area contributed by atoms with Gasteiger partial charge < -0.3 is 15.1 Å². The number of amides is 4. The number of piperazine rings is 1. The molecule has 0 radical (unpaired) electrons. The Balaban J connectivity index is 1.36. The summed E-state index contributed by atoms with van der Waals surface area (Å²) in [6.07, 6.45) is 3.18. The van der Waals surface area contributed by atoms with Gasteiger partial charge in [0.25, 0.3) is 5.91 Å². The smallest absolute Gasteiger partial charge is 0.325 e. The molecule has 30 heavy (non-hydrogen) atoms. The number of carbonyl (C=O) groups is 3. The minimum Gasteiger partial charge on any atom is -0.353 e. The molecule has 4 amide bonds. The van der Waals surface area contributed by atoms with Gasteiger partial charge in [-0.05, 0) is 19.8 Å². The molecular weight excluding hydrogens is 384 g/mol. The maximum absolute atomic E-state index is 12.8. The highest BCUT2D eigenvalue weighted by Crippen LogP contribution is 2.35. The number of imide groups is 1. The molecule has 1 aromatic rings. The summed E-state index contributed by atoms with van der Waals surface area (Å²) in [5.41, 5.74) is 0.163. The van der Waals surface area contributed by atoms with Crippen molar-refractivity contribution in [1.29, 1.82) is 0 Å². The van der Waals surface area contributed by atoms with Crippen LogP contribution in [0.1, 0.15) is 57.0 Å². The van der Waals surface area contributed by atoms with Gasteiger partial charge in [-0.25, -0.2) is 14.8 Å². The van der Waals surface area contributed by atoms with E-state index in [0.29, 0.717) is 39.0 Å². The first-order valence-corrected chi connectivity index (χ1v) is 10.8. The van der Waals surface area contributed by atoms with Gasteiger partial charge in [0.05, 0.1) is 0 Å². The fraction of sp³-hybridized carbons (Fsp3) is 0.667. The molecule has 2 aliphatic heterocycles. The molecule has 1 aliphatic carbocycles. The first kappa shape index (κ1) is 20.6. The van der Waals surface area contributed by atoms with Crippen LogP contribution in [0.3, 0.4) is 0 Å². The molecule has 3 aliphatic rings. The Kier molecular flexibility index (Phi) is 5.38. The van der Waals surface area contributed by atoms with Crippen molar-refractivity contribution in [3.05, 3.63) is 17.6 Å². The minimum absolute atomic E-state index is 0.184. The van der Waals surface area contributed by atoms with Gasteiger partial charge in [0, 0.05) is 43.9 Å². The Hall–Kier alpha value is -2.71. The first-order valence-electron chi connectivity index (χ1n) is 10.8. The lowest BCUT2D eigenvalue weighted by molar-refractivity contribution is -0.139. The van der Waals surface area contributed by atoms with Crippen molar-refractivity contribution in [2.75, 3.05) is 37.6 Å². The largest absolute Gasteiger partial charge is 0.353 e. The highest BCUT2D eigenvalue weighted by molar-refractivity contribution is 6.09. The van der Waals surface area contributed by atoms with Crippen molar-refractivity contribution in [3.63, 3.8) is 0 Å². The van der Waals surface area contributed by atoms with Crippen LogP contribution >= 0.6 is 0 Å². The molecule has 1 spiro atoms. The third kappa shape index (κ3) is 3.73. The van der Waals surface area contributed by atoms with Crippen LogP contribution < -0.4 is 10.2 Å². The molecule has 0 aromatic carbocycles. The van der Waals surface area contributed by atoms with Gasteiger partial charge in [-0.1, -0.05) is 26.7 Å². The predicted octanol–water partition coefficient (Wildman–Crippen LogP) is 1.42. The normalized spacial score (nSPS) is 21.1. The summed E-state index contributed by atoms with van der Waals surface area (Å²) >= 11 is 0. The lowest BCUT2D eigenvalue weighted by Gasteiger charge is -2.36. The molecule has 1 aromatic heterocycles. The highest BCUT2D eigenvalue weighted by atomic mass is 16.2. The Morgan fingerprint density at radius 1 is 1.13 bits per heavy atom. The summed E-state index contributed by atoms with van der Waals surface area (Å²) < 4.78 is 0. The van der Waals surface area contributed by atoms with Crippen molar-refractivity contribution in [2.24, 2.45) is 0 Å². The van der Waals surface area contributed by atoms with Crippen molar-refractivity contribution in [3.8, 4) is 0 Å². The second-order valence-corrected chi connectivity index (χ2v) is 8.86. The van der Waals surface area contributed by atoms with Gasteiger partial charge in [0.15, 0.2) is 0 Å². The van der Waals surface area contributed by atoms with Crippen LogP contribution in [0.2, 0.25) is 0 Å². The Morgan fingerprint density at radius 2 is 1.80 bits per heavy atom. The maximum Gasteiger partial charge on any atom is 0.325 e. The van der Waals surface area contributed by atoms with Crippen molar-refractivity contribution in [2.45, 2.75) is 57.9 Å². The van der Waals surface area contributed by atoms with Gasteiger partial charge in [-0.2, -0.15) is 0 Å². The van der Waals surface area contributed by atoms with Crippen LogP contribution in [-0.4, -0.2) is 75.9 Å². The first-order chi connectivity index (χ1) is 14.3. The summed E-state index contributed by atoms with van der Waals surface area (Å²) in [5.74, 6) is 1.53. The highest BCUT2D eigenvalue weighted by Gasteiger charge is 2.52. The second kappa shape index (κ2) is 7.85. The van der Waals surface area contributed by atoms with E-state index < -0.39 is 11.6 Å². The summed E-state index contributed by atoms with van der Waals surface area (Å²) in [6, 6.07) is 1.53. The molecule has 0 unspecified atom stereocenters. The van der Waals surface area contributed by atoms with Crippen LogP contribution in [-0.2, 0) is 9.59 Å². The van der Waals surface area contributed by atoms with E-state index in [-0.39, 0.29) is 24.3 Å². The van der Waals surface area contributed by atoms with Gasteiger partial charge in [0.1, 0.15) is 23.7 Å². The zero-order valence-electron chi connectivity index (χ0n) is 18.0. The molecule has 3 heterocycles. The lowest BCUT2D eigenvalue weighted by atomic mass is 9.98. The zero-order chi connectivity index (χ0) is 21.5. The van der Waals surface area contributed by atoms with Crippen LogP contribution in [0, 0.1) is 6.92 Å². The van der Waals surface area contributed by atoms with Crippen LogP contribution in [0.4, 0.5) is 10.6 Å². The van der Waals surface area contributed by atoms with E-state index in [1.807, 2.05) is 13.0 Å². The topological polar surface area (TPSA) is 98.7 Å². The lowest BCUT2D eigenvalue weighted by Crippen LogP contribution is -2.52. The van der Waals surface area contributed by atoms with Crippen molar-refractivity contribution >= 4 is 23.7 Å². The van der Waals surface area contributed by atoms with Gasteiger partial charge in [-0.3, -0.25) is 14.5 Å². The Labute approximate surface area is 176 Å². The molecule has 3 fully saturated rings. The summed E-state index contributed by atoms with van der Waals surface area (Å²) in [6.45, 7) is 8.30. The third-order valence-corrected chi connectivity index (χ3v) is 6.33. The fourth-order valence-corrected chi connectivity index (χ4v) is 4.55. The minimum atomic E-state index is -0.769. The number of hydrogen-bond donors (Lipinski definition) is 1. The quantitative estimate of drug-likeness (QED) is 0.749. The van der Waals surface area contributed by atoms with Gasteiger partial charge in [-0.15, -0.1) is 0 Å². The second-order valence-electron chi connectivity index (χ2n) is 8.86.